The molecule has 5 heteroatoms. The maximum absolute atomic E-state index is 5.72. The number of ether oxygens (including phenoxy) is 2. The number of hydrogen-bond donors (Lipinski definition) is 1. The molecule has 1 aliphatic rings. The number of anilines is 1. The Morgan fingerprint density at radius 1 is 1.42 bits per heavy atom. The van der Waals surface area contributed by atoms with Gasteiger partial charge in [-0.05, 0) is 0 Å². The molecule has 2 rings (SSSR count). The zero-order valence-electron chi connectivity index (χ0n) is 6.21. The van der Waals surface area contributed by atoms with E-state index in [0.717, 1.165) is 0 Å². The number of pyridine rings is 1. The fraction of sp³-hybridized carbons (Fsp3) is 0.286. The monoisotopic (exact) mass is 186 g/mol. The van der Waals surface area contributed by atoms with Crippen LogP contribution in [0.1, 0.15) is 0 Å². The molecule has 0 radical (unpaired) electrons. The molecule has 0 bridgehead atoms. The first-order valence-electron chi connectivity index (χ1n) is 3.48. The minimum Gasteiger partial charge on any atom is -0.483 e. The normalized spacial score (nSPS) is 14.4. The number of nitrogen functional groups attached to an aromatic ring is 1. The van der Waals surface area contributed by atoms with Crippen LogP contribution in [0.4, 0.5) is 5.69 Å². The van der Waals surface area contributed by atoms with E-state index in [9.17, 15) is 0 Å². The van der Waals surface area contributed by atoms with Gasteiger partial charge in [0, 0.05) is 0 Å². The van der Waals surface area contributed by atoms with Crippen LogP contribution in [0.2, 0.25) is 5.02 Å². The summed E-state index contributed by atoms with van der Waals surface area (Å²) in [6, 6.07) is 0. The van der Waals surface area contributed by atoms with Crippen molar-refractivity contribution in [3.8, 4) is 11.6 Å². The van der Waals surface area contributed by atoms with Crippen LogP contribution < -0.4 is 15.2 Å². The Kier molecular flexibility index (Phi) is 1.69. The average Bonchev–Trinajstić information content (AvgIpc) is 2.12. The molecule has 0 saturated carbocycles. The summed E-state index contributed by atoms with van der Waals surface area (Å²) in [6.45, 7) is 0.986. The maximum Gasteiger partial charge on any atom is 0.259 e. The first-order chi connectivity index (χ1) is 5.79. The summed E-state index contributed by atoms with van der Waals surface area (Å²) in [5.74, 6) is 0.872. The van der Waals surface area contributed by atoms with Gasteiger partial charge in [0.2, 0.25) is 5.75 Å². The highest BCUT2D eigenvalue weighted by Gasteiger charge is 2.17. The summed E-state index contributed by atoms with van der Waals surface area (Å²) in [7, 11) is 0. The number of rotatable bonds is 0. The molecule has 1 aromatic rings. The van der Waals surface area contributed by atoms with E-state index in [1.54, 1.807) is 0 Å². The van der Waals surface area contributed by atoms with Crippen molar-refractivity contribution in [1.29, 1.82) is 0 Å². The van der Waals surface area contributed by atoms with Gasteiger partial charge in [-0.25, -0.2) is 4.98 Å². The minimum atomic E-state index is 0.388. The van der Waals surface area contributed by atoms with Crippen molar-refractivity contribution in [2.24, 2.45) is 0 Å². The van der Waals surface area contributed by atoms with E-state index in [-0.39, 0.29) is 0 Å². The van der Waals surface area contributed by atoms with Gasteiger partial charge in [-0.15, -0.1) is 0 Å². The lowest BCUT2D eigenvalue weighted by Crippen LogP contribution is -2.17. The molecule has 0 aromatic carbocycles. The van der Waals surface area contributed by atoms with E-state index in [1.807, 2.05) is 0 Å². The molecular formula is C7H7ClN2O2. The van der Waals surface area contributed by atoms with E-state index in [4.69, 9.17) is 26.8 Å². The van der Waals surface area contributed by atoms with Crippen molar-refractivity contribution in [2.75, 3.05) is 18.9 Å². The second-order valence-corrected chi connectivity index (χ2v) is 2.76. The number of nitrogens with zero attached hydrogens (tertiary/aromatic N) is 1. The number of hydrogen-bond acceptors (Lipinski definition) is 4. The average molecular weight is 187 g/mol. The Bertz CT molecular complexity index is 317. The third-order valence-electron chi connectivity index (χ3n) is 1.56. The smallest absolute Gasteiger partial charge is 0.259 e. The minimum absolute atomic E-state index is 0.388. The molecule has 0 fully saturated rings. The first-order valence-corrected chi connectivity index (χ1v) is 3.86. The van der Waals surface area contributed by atoms with Crippen LogP contribution in [0.5, 0.6) is 11.6 Å². The lowest BCUT2D eigenvalue weighted by molar-refractivity contribution is 0.165. The lowest BCUT2D eigenvalue weighted by atomic mass is 10.3. The number of fused-ring (bicyclic) bond motifs is 1. The standard InChI is InChI=1S/C7H7ClN2O2/c8-4-3-10-7-6(5(4)9)11-1-2-12-7/h3H,1-2H2,(H2,9,10). The third-order valence-corrected chi connectivity index (χ3v) is 1.86. The molecule has 2 N–H and O–H groups in total. The van der Waals surface area contributed by atoms with Crippen LogP contribution in [0.25, 0.3) is 0 Å². The SMILES string of the molecule is Nc1c(Cl)cnc2c1OCCO2. The van der Waals surface area contributed by atoms with E-state index >= 15 is 0 Å². The first kappa shape index (κ1) is 7.49. The molecule has 0 amide bonds. The van der Waals surface area contributed by atoms with Gasteiger partial charge in [0.1, 0.15) is 18.9 Å². The fourth-order valence-electron chi connectivity index (χ4n) is 0.992. The van der Waals surface area contributed by atoms with Crippen molar-refractivity contribution in [3.63, 3.8) is 0 Å². The Morgan fingerprint density at radius 2 is 2.17 bits per heavy atom. The number of nitrogens with two attached hydrogens (primary N) is 1. The third kappa shape index (κ3) is 1.04. The van der Waals surface area contributed by atoms with Gasteiger partial charge in [-0.2, -0.15) is 0 Å². The number of aromatic nitrogens is 1. The summed E-state index contributed by atoms with van der Waals surface area (Å²) in [6.07, 6.45) is 1.45. The van der Waals surface area contributed by atoms with Gasteiger partial charge >= 0.3 is 0 Å². The highest BCUT2D eigenvalue weighted by atomic mass is 35.5. The predicted octanol–water partition coefficient (Wildman–Crippen LogP) is 1.09. The zero-order chi connectivity index (χ0) is 8.55. The van der Waals surface area contributed by atoms with Crippen molar-refractivity contribution >= 4 is 17.3 Å². The van der Waals surface area contributed by atoms with Crippen LogP contribution >= 0.6 is 11.6 Å². The van der Waals surface area contributed by atoms with Gasteiger partial charge in [0.15, 0.2) is 0 Å². The summed E-state index contributed by atoms with van der Waals surface area (Å²) < 4.78 is 10.4. The highest BCUT2D eigenvalue weighted by Crippen LogP contribution is 2.37. The molecule has 1 aromatic heterocycles. The topological polar surface area (TPSA) is 57.4 Å². The van der Waals surface area contributed by atoms with Gasteiger partial charge in [0.05, 0.1) is 11.2 Å². The Balaban J connectivity index is 2.54. The Hall–Kier alpha value is -1.16. The van der Waals surface area contributed by atoms with E-state index in [1.165, 1.54) is 6.20 Å². The Labute approximate surface area is 74.2 Å². The van der Waals surface area contributed by atoms with Crippen LogP contribution in [0.15, 0.2) is 6.20 Å². The van der Waals surface area contributed by atoms with Crippen molar-refractivity contribution in [1.82, 2.24) is 4.98 Å². The summed E-state index contributed by atoms with van der Waals surface area (Å²) in [5, 5.41) is 0.388. The maximum atomic E-state index is 5.72. The lowest BCUT2D eigenvalue weighted by Gasteiger charge is -2.18. The molecule has 0 spiro atoms. The van der Waals surface area contributed by atoms with Crippen molar-refractivity contribution in [3.05, 3.63) is 11.2 Å². The highest BCUT2D eigenvalue weighted by molar-refractivity contribution is 6.33. The molecule has 0 aliphatic carbocycles. The number of halogens is 1. The van der Waals surface area contributed by atoms with Crippen LogP contribution in [0.3, 0.4) is 0 Å². The van der Waals surface area contributed by atoms with Crippen LogP contribution in [-0.4, -0.2) is 18.2 Å². The fourth-order valence-corrected chi connectivity index (χ4v) is 1.13. The molecule has 2 heterocycles. The van der Waals surface area contributed by atoms with E-state index < -0.39 is 0 Å². The van der Waals surface area contributed by atoms with Crippen molar-refractivity contribution in [2.45, 2.75) is 0 Å². The van der Waals surface area contributed by atoms with Crippen molar-refractivity contribution < 1.29 is 9.47 Å². The second-order valence-electron chi connectivity index (χ2n) is 2.35. The zero-order valence-corrected chi connectivity index (χ0v) is 6.97. The summed E-state index contributed by atoms with van der Waals surface area (Å²) >= 11 is 5.72. The molecule has 0 unspecified atom stereocenters. The van der Waals surface area contributed by atoms with Gasteiger partial charge in [0.25, 0.3) is 5.88 Å². The molecular weight excluding hydrogens is 180 g/mol. The van der Waals surface area contributed by atoms with Gasteiger partial charge in [-0.1, -0.05) is 11.6 Å². The van der Waals surface area contributed by atoms with E-state index in [0.29, 0.717) is 35.6 Å². The van der Waals surface area contributed by atoms with Crippen LogP contribution in [0, 0.1) is 0 Å². The van der Waals surface area contributed by atoms with Gasteiger partial charge in [-0.3, -0.25) is 0 Å². The predicted molar refractivity (Wildman–Crippen MR) is 44.6 cm³/mol. The molecule has 64 valence electrons. The van der Waals surface area contributed by atoms with E-state index in [2.05, 4.69) is 4.98 Å². The molecule has 4 nitrogen and oxygen atoms in total. The molecule has 12 heavy (non-hydrogen) atoms. The summed E-state index contributed by atoms with van der Waals surface area (Å²) in [4.78, 5) is 3.92. The van der Waals surface area contributed by atoms with Crippen LogP contribution in [-0.2, 0) is 0 Å². The van der Waals surface area contributed by atoms with Gasteiger partial charge < -0.3 is 15.2 Å². The molecule has 0 saturated heterocycles. The quantitative estimate of drug-likeness (QED) is 0.659. The largest absolute Gasteiger partial charge is 0.483 e. The molecule has 1 aliphatic heterocycles. The second kappa shape index (κ2) is 2.71. The summed E-state index contributed by atoms with van der Waals surface area (Å²) in [5.41, 5.74) is 6.02. The molecule has 0 atom stereocenters. The Morgan fingerprint density at radius 3 is 3.00 bits per heavy atom.